The summed E-state index contributed by atoms with van der Waals surface area (Å²) in [7, 11) is 0. The Bertz CT molecular complexity index is 1620. The zero-order valence-corrected chi connectivity index (χ0v) is 24.8. The molecule has 0 spiro atoms. The highest BCUT2D eigenvalue weighted by atomic mass is 16.7. The first-order chi connectivity index (χ1) is 21.6. The SMILES string of the molecule is NCCCN(Cc1cccc(-c2ccc(N3CCCC3)c(NC(=O)Cc3ccccc3)c2)c1)C(=O)c1ccc2c(c1)OCO2. The summed E-state index contributed by atoms with van der Waals surface area (Å²) >= 11 is 0. The molecule has 0 unspecified atom stereocenters. The zero-order valence-electron chi connectivity index (χ0n) is 24.8. The topological polar surface area (TPSA) is 97.1 Å². The molecule has 3 N–H and O–H groups in total. The second kappa shape index (κ2) is 13.7. The highest BCUT2D eigenvalue weighted by molar-refractivity contribution is 5.97. The van der Waals surface area contributed by atoms with E-state index in [2.05, 4.69) is 40.5 Å². The van der Waals surface area contributed by atoms with E-state index in [1.54, 1.807) is 18.2 Å². The van der Waals surface area contributed by atoms with Crippen LogP contribution in [0.5, 0.6) is 11.5 Å². The molecule has 226 valence electrons. The summed E-state index contributed by atoms with van der Waals surface area (Å²) in [5.74, 6) is 1.11. The van der Waals surface area contributed by atoms with E-state index in [0.29, 0.717) is 49.5 Å². The molecule has 6 rings (SSSR count). The van der Waals surface area contributed by atoms with Crippen molar-refractivity contribution in [2.75, 3.05) is 43.2 Å². The van der Waals surface area contributed by atoms with Gasteiger partial charge in [0.05, 0.1) is 17.8 Å². The van der Waals surface area contributed by atoms with Crippen LogP contribution in [0.25, 0.3) is 11.1 Å². The van der Waals surface area contributed by atoms with Crippen molar-refractivity contribution in [1.29, 1.82) is 0 Å². The number of ether oxygens (including phenoxy) is 2. The monoisotopic (exact) mass is 590 g/mol. The van der Waals surface area contributed by atoms with Crippen LogP contribution in [-0.4, -0.2) is 49.7 Å². The number of carbonyl (C=O) groups is 2. The van der Waals surface area contributed by atoms with E-state index in [-0.39, 0.29) is 18.6 Å². The van der Waals surface area contributed by atoms with Crippen molar-refractivity contribution in [2.45, 2.75) is 32.2 Å². The van der Waals surface area contributed by atoms with Crippen molar-refractivity contribution >= 4 is 23.2 Å². The minimum Gasteiger partial charge on any atom is -0.454 e. The molecule has 2 aliphatic heterocycles. The van der Waals surface area contributed by atoms with Gasteiger partial charge in [-0.25, -0.2) is 0 Å². The summed E-state index contributed by atoms with van der Waals surface area (Å²) in [6.07, 6.45) is 3.30. The minimum absolute atomic E-state index is 0.0416. The molecule has 2 aliphatic rings. The zero-order chi connectivity index (χ0) is 30.3. The third-order valence-corrected chi connectivity index (χ3v) is 8.10. The number of nitrogens with two attached hydrogens (primary N) is 1. The molecule has 8 heteroatoms. The second-order valence-electron chi connectivity index (χ2n) is 11.3. The molecular weight excluding hydrogens is 552 g/mol. The van der Waals surface area contributed by atoms with Crippen LogP contribution in [0.4, 0.5) is 11.4 Å². The average Bonchev–Trinajstić information content (AvgIpc) is 3.76. The number of hydrogen-bond donors (Lipinski definition) is 2. The molecule has 2 amide bonds. The number of fused-ring (bicyclic) bond motifs is 1. The molecule has 1 saturated heterocycles. The van der Waals surface area contributed by atoms with Crippen LogP contribution in [0.15, 0.2) is 91.0 Å². The number of rotatable bonds is 11. The molecule has 0 saturated carbocycles. The maximum absolute atomic E-state index is 13.6. The lowest BCUT2D eigenvalue weighted by molar-refractivity contribution is -0.115. The predicted molar refractivity (Wildman–Crippen MR) is 173 cm³/mol. The van der Waals surface area contributed by atoms with E-state index < -0.39 is 0 Å². The van der Waals surface area contributed by atoms with Crippen LogP contribution in [0.1, 0.15) is 40.7 Å². The number of benzene rings is 4. The Morgan fingerprint density at radius 1 is 0.818 bits per heavy atom. The first-order valence-electron chi connectivity index (χ1n) is 15.3. The fourth-order valence-electron chi connectivity index (χ4n) is 5.84. The van der Waals surface area contributed by atoms with Crippen LogP contribution in [0.3, 0.4) is 0 Å². The molecule has 0 radical (unpaired) electrons. The summed E-state index contributed by atoms with van der Waals surface area (Å²) in [4.78, 5) is 30.9. The molecule has 0 atom stereocenters. The smallest absolute Gasteiger partial charge is 0.254 e. The van der Waals surface area contributed by atoms with Crippen molar-refractivity contribution < 1.29 is 19.1 Å². The predicted octanol–water partition coefficient (Wildman–Crippen LogP) is 5.85. The first-order valence-corrected chi connectivity index (χ1v) is 15.3. The first kappa shape index (κ1) is 29.3. The molecule has 8 nitrogen and oxygen atoms in total. The Kier molecular flexibility index (Phi) is 9.08. The Morgan fingerprint density at radius 3 is 2.41 bits per heavy atom. The standard InChI is InChI=1S/C36H38N4O4/c37-16-7-19-40(36(42)30-13-15-33-34(23-30)44-25-43-33)24-27-10-6-11-28(20-27)29-12-14-32(39-17-4-5-18-39)31(22-29)38-35(41)21-26-8-2-1-3-9-26/h1-3,6,8-15,20,22-23H,4-5,7,16-19,21,24-25,37H2,(H,38,41). The minimum atomic E-state index is -0.0828. The van der Waals surface area contributed by atoms with Gasteiger partial charge in [0.15, 0.2) is 11.5 Å². The molecular formula is C36H38N4O4. The number of carbonyl (C=O) groups excluding carboxylic acids is 2. The largest absolute Gasteiger partial charge is 0.454 e. The van der Waals surface area contributed by atoms with Crippen molar-refractivity contribution in [3.8, 4) is 22.6 Å². The van der Waals surface area contributed by atoms with Crippen LogP contribution in [-0.2, 0) is 17.8 Å². The maximum atomic E-state index is 13.6. The summed E-state index contributed by atoms with van der Waals surface area (Å²) in [5.41, 5.74) is 12.2. The van der Waals surface area contributed by atoms with Gasteiger partial charge in [-0.05, 0) is 84.5 Å². The van der Waals surface area contributed by atoms with Crippen molar-refractivity contribution in [1.82, 2.24) is 4.90 Å². The van der Waals surface area contributed by atoms with E-state index in [0.717, 1.165) is 59.6 Å². The number of nitrogens with zero attached hydrogens (tertiary/aromatic N) is 2. The molecule has 0 aliphatic carbocycles. The van der Waals surface area contributed by atoms with Gasteiger partial charge in [-0.1, -0.05) is 54.6 Å². The quantitative estimate of drug-likeness (QED) is 0.227. The number of amides is 2. The van der Waals surface area contributed by atoms with Crippen LogP contribution >= 0.6 is 0 Å². The molecule has 0 bridgehead atoms. The lowest BCUT2D eigenvalue weighted by atomic mass is 10.0. The van der Waals surface area contributed by atoms with Gasteiger partial charge in [-0.15, -0.1) is 0 Å². The van der Waals surface area contributed by atoms with Crippen molar-refractivity contribution in [3.63, 3.8) is 0 Å². The van der Waals surface area contributed by atoms with Crippen LogP contribution in [0, 0.1) is 0 Å². The number of nitrogens with one attached hydrogen (secondary N) is 1. The Balaban J connectivity index is 1.24. The number of anilines is 2. The summed E-state index contributed by atoms with van der Waals surface area (Å²) < 4.78 is 10.9. The Morgan fingerprint density at radius 2 is 1.59 bits per heavy atom. The Hall–Kier alpha value is -4.82. The van der Waals surface area contributed by atoms with Gasteiger partial charge in [0, 0.05) is 31.7 Å². The highest BCUT2D eigenvalue weighted by Gasteiger charge is 2.21. The van der Waals surface area contributed by atoms with E-state index in [9.17, 15) is 9.59 Å². The lowest BCUT2D eigenvalue weighted by Gasteiger charge is -2.24. The highest BCUT2D eigenvalue weighted by Crippen LogP contribution is 2.35. The van der Waals surface area contributed by atoms with Gasteiger partial charge >= 0.3 is 0 Å². The van der Waals surface area contributed by atoms with Gasteiger partial charge in [-0.3, -0.25) is 9.59 Å². The van der Waals surface area contributed by atoms with E-state index in [4.69, 9.17) is 15.2 Å². The normalized spacial score (nSPS) is 13.6. The summed E-state index contributed by atoms with van der Waals surface area (Å²) in [5, 5.41) is 3.20. The maximum Gasteiger partial charge on any atom is 0.254 e. The fourth-order valence-corrected chi connectivity index (χ4v) is 5.84. The summed E-state index contributed by atoms with van der Waals surface area (Å²) in [6, 6.07) is 29.6. The van der Waals surface area contributed by atoms with Crippen molar-refractivity contribution in [2.24, 2.45) is 5.73 Å². The molecule has 1 fully saturated rings. The van der Waals surface area contributed by atoms with Crippen molar-refractivity contribution in [3.05, 3.63) is 108 Å². The van der Waals surface area contributed by atoms with Gasteiger partial charge in [0.2, 0.25) is 12.7 Å². The molecule has 44 heavy (non-hydrogen) atoms. The van der Waals surface area contributed by atoms with E-state index >= 15 is 0 Å². The van der Waals surface area contributed by atoms with Crippen LogP contribution < -0.4 is 25.4 Å². The second-order valence-corrected chi connectivity index (χ2v) is 11.3. The van der Waals surface area contributed by atoms with Gasteiger partial charge in [0.1, 0.15) is 0 Å². The van der Waals surface area contributed by atoms with Gasteiger partial charge in [0.25, 0.3) is 5.91 Å². The third kappa shape index (κ3) is 6.87. The van der Waals surface area contributed by atoms with E-state index in [1.807, 2.05) is 47.4 Å². The van der Waals surface area contributed by atoms with E-state index in [1.165, 1.54) is 0 Å². The van der Waals surface area contributed by atoms with Gasteiger partial charge < -0.3 is 30.3 Å². The fraction of sp³-hybridized carbons (Fsp3) is 0.278. The molecule has 4 aromatic carbocycles. The van der Waals surface area contributed by atoms with Gasteiger partial charge in [-0.2, -0.15) is 0 Å². The lowest BCUT2D eigenvalue weighted by Crippen LogP contribution is -2.32. The third-order valence-electron chi connectivity index (χ3n) is 8.10. The average molecular weight is 591 g/mol. The number of hydrogen-bond acceptors (Lipinski definition) is 6. The summed E-state index contributed by atoms with van der Waals surface area (Å²) in [6.45, 7) is 3.59. The Labute approximate surface area is 258 Å². The molecule has 2 heterocycles. The molecule has 4 aromatic rings. The van der Waals surface area contributed by atoms with Crippen LogP contribution in [0.2, 0.25) is 0 Å². The molecule has 0 aromatic heterocycles.